The van der Waals surface area contributed by atoms with Gasteiger partial charge in [-0.25, -0.2) is 0 Å². The highest BCUT2D eigenvalue weighted by Gasteiger charge is 2.19. The van der Waals surface area contributed by atoms with Crippen LogP contribution in [0, 0.1) is 5.92 Å². The summed E-state index contributed by atoms with van der Waals surface area (Å²) in [6.45, 7) is 8.89. The number of benzene rings is 1. The van der Waals surface area contributed by atoms with Crippen LogP contribution in [0.15, 0.2) is 24.3 Å². The van der Waals surface area contributed by atoms with Crippen LogP contribution in [0.5, 0.6) is 0 Å². The summed E-state index contributed by atoms with van der Waals surface area (Å²) in [7, 11) is 2.21. The summed E-state index contributed by atoms with van der Waals surface area (Å²) in [4.78, 5) is 2.42. The third-order valence-corrected chi connectivity index (χ3v) is 4.76. The van der Waals surface area contributed by atoms with Crippen LogP contribution in [-0.4, -0.2) is 25.0 Å². The van der Waals surface area contributed by atoms with Gasteiger partial charge < -0.3 is 10.6 Å². The van der Waals surface area contributed by atoms with E-state index in [-0.39, 0.29) is 11.5 Å². The van der Waals surface area contributed by atoms with Crippen molar-refractivity contribution in [2.24, 2.45) is 11.7 Å². The Labute approximate surface area is 130 Å². The maximum atomic E-state index is 6.39. The number of likely N-dealkylation sites (N-methyl/N-ethyl adjacent to an activating group) is 1. The molecule has 1 fully saturated rings. The van der Waals surface area contributed by atoms with Gasteiger partial charge in [0.2, 0.25) is 0 Å². The Bertz CT molecular complexity index is 424. The van der Waals surface area contributed by atoms with Gasteiger partial charge in [-0.2, -0.15) is 0 Å². The molecule has 0 heterocycles. The normalized spacial score (nSPS) is 18.4. The van der Waals surface area contributed by atoms with Gasteiger partial charge in [0.1, 0.15) is 0 Å². The molecular weight excluding hydrogens is 256 g/mol. The average Bonchev–Trinajstić information content (AvgIpc) is 2.90. The van der Waals surface area contributed by atoms with Gasteiger partial charge in [-0.3, -0.25) is 0 Å². The van der Waals surface area contributed by atoms with Gasteiger partial charge in [0.25, 0.3) is 0 Å². The lowest BCUT2D eigenvalue weighted by Gasteiger charge is -2.25. The highest BCUT2D eigenvalue weighted by atomic mass is 15.1. The second-order valence-corrected chi connectivity index (χ2v) is 7.85. The van der Waals surface area contributed by atoms with E-state index < -0.39 is 0 Å². The van der Waals surface area contributed by atoms with Gasteiger partial charge in [-0.1, -0.05) is 57.9 Å². The van der Waals surface area contributed by atoms with E-state index in [1.807, 2.05) is 0 Å². The third-order valence-electron chi connectivity index (χ3n) is 4.76. The van der Waals surface area contributed by atoms with Crippen LogP contribution in [0.3, 0.4) is 0 Å². The molecule has 2 heteroatoms. The zero-order chi connectivity index (χ0) is 15.5. The average molecular weight is 288 g/mol. The van der Waals surface area contributed by atoms with Crippen molar-refractivity contribution in [2.45, 2.75) is 57.9 Å². The Morgan fingerprint density at radius 2 is 1.71 bits per heavy atom. The van der Waals surface area contributed by atoms with Crippen molar-refractivity contribution in [3.63, 3.8) is 0 Å². The van der Waals surface area contributed by atoms with E-state index in [1.54, 1.807) is 0 Å². The number of nitrogens with zero attached hydrogens (tertiary/aromatic N) is 1. The molecule has 0 saturated heterocycles. The number of rotatable bonds is 5. The lowest BCUT2D eigenvalue weighted by Crippen LogP contribution is -2.32. The van der Waals surface area contributed by atoms with Crippen molar-refractivity contribution in [3.05, 3.63) is 35.4 Å². The van der Waals surface area contributed by atoms with Crippen molar-refractivity contribution >= 4 is 0 Å². The molecule has 118 valence electrons. The van der Waals surface area contributed by atoms with Crippen molar-refractivity contribution in [3.8, 4) is 0 Å². The molecule has 0 spiro atoms. The van der Waals surface area contributed by atoms with Gasteiger partial charge in [-0.15, -0.1) is 0 Å². The SMILES string of the molecule is CN(CC1CCCC1)CC(N)c1ccc(C(C)(C)C)cc1. The predicted molar refractivity (Wildman–Crippen MR) is 91.5 cm³/mol. The summed E-state index contributed by atoms with van der Waals surface area (Å²) in [5.74, 6) is 0.894. The van der Waals surface area contributed by atoms with Crippen LogP contribution in [0.1, 0.15) is 63.6 Å². The smallest absolute Gasteiger partial charge is 0.0424 e. The van der Waals surface area contributed by atoms with E-state index in [9.17, 15) is 0 Å². The Hall–Kier alpha value is -0.860. The van der Waals surface area contributed by atoms with Crippen LogP contribution < -0.4 is 5.73 Å². The Morgan fingerprint density at radius 3 is 2.24 bits per heavy atom. The van der Waals surface area contributed by atoms with E-state index in [2.05, 4.69) is 57.0 Å². The summed E-state index contributed by atoms with van der Waals surface area (Å²) < 4.78 is 0. The molecule has 2 rings (SSSR count). The summed E-state index contributed by atoms with van der Waals surface area (Å²) in [6, 6.07) is 8.98. The fourth-order valence-corrected chi connectivity index (χ4v) is 3.38. The number of nitrogens with two attached hydrogens (primary N) is 1. The minimum atomic E-state index is 0.116. The molecule has 2 N–H and O–H groups in total. The summed E-state index contributed by atoms with van der Waals surface area (Å²) >= 11 is 0. The van der Waals surface area contributed by atoms with Gasteiger partial charge in [0, 0.05) is 19.1 Å². The molecule has 1 aliphatic carbocycles. The molecule has 1 saturated carbocycles. The van der Waals surface area contributed by atoms with Crippen molar-refractivity contribution in [1.82, 2.24) is 4.90 Å². The maximum absolute atomic E-state index is 6.39. The molecule has 1 atom stereocenters. The largest absolute Gasteiger partial charge is 0.323 e. The van der Waals surface area contributed by atoms with Gasteiger partial charge in [-0.05, 0) is 42.3 Å². The Kier molecular flexibility index (Phi) is 5.45. The Balaban J connectivity index is 1.88. The minimum absolute atomic E-state index is 0.116. The topological polar surface area (TPSA) is 29.3 Å². The first-order chi connectivity index (χ1) is 9.86. The van der Waals surface area contributed by atoms with Crippen LogP contribution >= 0.6 is 0 Å². The second kappa shape index (κ2) is 6.93. The third kappa shape index (κ3) is 4.82. The molecular formula is C19H32N2. The van der Waals surface area contributed by atoms with E-state index >= 15 is 0 Å². The minimum Gasteiger partial charge on any atom is -0.323 e. The van der Waals surface area contributed by atoms with Gasteiger partial charge >= 0.3 is 0 Å². The maximum Gasteiger partial charge on any atom is 0.0424 e. The van der Waals surface area contributed by atoms with E-state index in [1.165, 1.54) is 43.4 Å². The Morgan fingerprint density at radius 1 is 1.14 bits per heavy atom. The standard InChI is InChI=1S/C19H32N2/c1-19(2,3)17-11-9-16(10-12-17)18(20)14-21(4)13-15-7-5-6-8-15/h9-12,15,18H,5-8,13-14,20H2,1-4H3. The molecule has 1 aliphatic rings. The fraction of sp³-hybridized carbons (Fsp3) is 0.684. The zero-order valence-electron chi connectivity index (χ0n) is 14.2. The summed E-state index contributed by atoms with van der Waals surface area (Å²) in [5.41, 5.74) is 9.22. The molecule has 1 aromatic rings. The van der Waals surface area contributed by atoms with Crippen molar-refractivity contribution in [1.29, 1.82) is 0 Å². The lowest BCUT2D eigenvalue weighted by atomic mass is 9.86. The van der Waals surface area contributed by atoms with E-state index in [4.69, 9.17) is 5.73 Å². The van der Waals surface area contributed by atoms with Crippen molar-refractivity contribution < 1.29 is 0 Å². The van der Waals surface area contributed by atoms with Gasteiger partial charge in [0.05, 0.1) is 0 Å². The molecule has 0 radical (unpaired) electrons. The van der Waals surface area contributed by atoms with Crippen molar-refractivity contribution in [2.75, 3.05) is 20.1 Å². The summed E-state index contributed by atoms with van der Waals surface area (Å²) in [6.07, 6.45) is 5.64. The molecule has 21 heavy (non-hydrogen) atoms. The monoisotopic (exact) mass is 288 g/mol. The first-order valence-corrected chi connectivity index (χ1v) is 8.41. The zero-order valence-corrected chi connectivity index (χ0v) is 14.2. The van der Waals surface area contributed by atoms with Crippen LogP contribution in [0.2, 0.25) is 0 Å². The quantitative estimate of drug-likeness (QED) is 0.883. The van der Waals surface area contributed by atoms with Crippen LogP contribution in [0.4, 0.5) is 0 Å². The molecule has 0 amide bonds. The molecule has 0 aliphatic heterocycles. The molecule has 1 aromatic carbocycles. The number of hydrogen-bond acceptors (Lipinski definition) is 2. The summed E-state index contributed by atoms with van der Waals surface area (Å²) in [5, 5.41) is 0. The molecule has 0 bridgehead atoms. The highest BCUT2D eigenvalue weighted by Crippen LogP contribution is 2.26. The van der Waals surface area contributed by atoms with E-state index in [0.717, 1.165) is 12.5 Å². The van der Waals surface area contributed by atoms with Crippen LogP contribution in [0.25, 0.3) is 0 Å². The first-order valence-electron chi connectivity index (χ1n) is 8.41. The van der Waals surface area contributed by atoms with Crippen LogP contribution in [-0.2, 0) is 5.41 Å². The van der Waals surface area contributed by atoms with Gasteiger partial charge in [0.15, 0.2) is 0 Å². The molecule has 2 nitrogen and oxygen atoms in total. The second-order valence-electron chi connectivity index (χ2n) is 7.85. The van der Waals surface area contributed by atoms with E-state index in [0.29, 0.717) is 0 Å². The fourth-order valence-electron chi connectivity index (χ4n) is 3.38. The number of hydrogen-bond donors (Lipinski definition) is 1. The molecule has 1 unspecified atom stereocenters. The molecule has 0 aromatic heterocycles. The lowest BCUT2D eigenvalue weighted by molar-refractivity contribution is 0.263. The predicted octanol–water partition coefficient (Wildman–Crippen LogP) is 4.11. The highest BCUT2D eigenvalue weighted by molar-refractivity contribution is 5.29. The first kappa shape index (κ1) is 16.5.